The van der Waals surface area contributed by atoms with Crippen LogP contribution >= 0.6 is 0 Å². The molecule has 0 aromatic rings. The van der Waals surface area contributed by atoms with Gasteiger partial charge in [0.2, 0.25) is 0 Å². The molecule has 7 heteroatoms. The van der Waals surface area contributed by atoms with Crippen LogP contribution in [0.1, 0.15) is 6.92 Å². The number of epoxide rings is 1. The highest BCUT2D eigenvalue weighted by Crippen LogP contribution is 2.20. The molecule has 1 aliphatic rings. The van der Waals surface area contributed by atoms with E-state index >= 15 is 0 Å². The fourth-order valence-corrected chi connectivity index (χ4v) is 0.552. The highest BCUT2D eigenvalue weighted by molar-refractivity contribution is 5.75. The van der Waals surface area contributed by atoms with Crippen molar-refractivity contribution in [1.29, 1.82) is 0 Å². The SMILES string of the molecule is C=CCOC=O.CC1OC1C(=O)O.O=CO. The Hall–Kier alpha value is -1.89. The van der Waals surface area contributed by atoms with Gasteiger partial charge < -0.3 is 19.7 Å². The van der Waals surface area contributed by atoms with Crippen LogP contribution in [0.15, 0.2) is 12.7 Å². The molecule has 2 N–H and O–H groups in total. The number of hydrogen-bond acceptors (Lipinski definition) is 5. The number of carbonyl (C=O) groups excluding carboxylic acids is 1. The predicted molar refractivity (Wildman–Crippen MR) is 52.9 cm³/mol. The Morgan fingerprint density at radius 2 is 2.00 bits per heavy atom. The summed E-state index contributed by atoms with van der Waals surface area (Å²) in [6, 6.07) is 0. The Kier molecular flexibility index (Phi) is 11.6. The third kappa shape index (κ3) is 12.1. The number of ether oxygens (including phenoxy) is 2. The second-order valence-electron chi connectivity index (χ2n) is 2.42. The van der Waals surface area contributed by atoms with Gasteiger partial charge in [-0.2, -0.15) is 0 Å². The number of rotatable bonds is 4. The zero-order valence-corrected chi connectivity index (χ0v) is 8.74. The van der Waals surface area contributed by atoms with Crippen LogP contribution in [-0.4, -0.2) is 47.9 Å². The molecule has 7 nitrogen and oxygen atoms in total. The molecule has 0 bridgehead atoms. The van der Waals surface area contributed by atoms with Crippen LogP contribution in [0.3, 0.4) is 0 Å². The van der Waals surface area contributed by atoms with E-state index in [2.05, 4.69) is 16.1 Å². The summed E-state index contributed by atoms with van der Waals surface area (Å²) in [6.07, 6.45) is 0.937. The second-order valence-corrected chi connectivity index (χ2v) is 2.42. The number of carboxylic acids is 1. The Labute approximate surface area is 92.3 Å². The van der Waals surface area contributed by atoms with Crippen LogP contribution in [0.5, 0.6) is 0 Å². The Bertz CT molecular complexity index is 218. The zero-order valence-electron chi connectivity index (χ0n) is 8.74. The van der Waals surface area contributed by atoms with Crippen molar-refractivity contribution in [3.05, 3.63) is 12.7 Å². The van der Waals surface area contributed by atoms with Crippen LogP contribution in [0.25, 0.3) is 0 Å². The first-order valence-corrected chi connectivity index (χ1v) is 4.17. The van der Waals surface area contributed by atoms with Gasteiger partial charge in [-0.1, -0.05) is 12.7 Å². The van der Waals surface area contributed by atoms with E-state index in [4.69, 9.17) is 15.0 Å². The molecule has 92 valence electrons. The maximum atomic E-state index is 9.85. The molecule has 1 aliphatic heterocycles. The summed E-state index contributed by atoms with van der Waals surface area (Å²) < 4.78 is 8.76. The van der Waals surface area contributed by atoms with Crippen LogP contribution in [0.2, 0.25) is 0 Å². The standard InChI is InChI=1S/C4H6O3.C4H6O2.CH2O2/c1-2-3(7-2)4(5)6;1-2-3-6-4-5;2-1-3/h2-3H,1H3,(H,5,6);2,4H,1,3H2;1H,(H,2,3). The van der Waals surface area contributed by atoms with Gasteiger partial charge in [0.15, 0.2) is 6.10 Å². The molecule has 0 radical (unpaired) electrons. The predicted octanol–water partition coefficient (Wildman–Crippen LogP) is -0.0955. The molecule has 1 saturated heterocycles. The number of carboxylic acid groups (broad SMARTS) is 2. The summed E-state index contributed by atoms with van der Waals surface area (Å²) in [4.78, 5) is 27.5. The van der Waals surface area contributed by atoms with Gasteiger partial charge in [-0.05, 0) is 6.92 Å². The van der Waals surface area contributed by atoms with Crippen molar-refractivity contribution in [2.45, 2.75) is 19.1 Å². The van der Waals surface area contributed by atoms with Crippen LogP contribution in [0, 0.1) is 0 Å². The quantitative estimate of drug-likeness (QED) is 0.302. The van der Waals surface area contributed by atoms with Crippen molar-refractivity contribution >= 4 is 18.9 Å². The summed E-state index contributed by atoms with van der Waals surface area (Å²) in [7, 11) is 0. The lowest BCUT2D eigenvalue weighted by Crippen LogP contribution is -2.05. The molecule has 0 amide bonds. The molecule has 0 spiro atoms. The molecule has 0 aliphatic carbocycles. The lowest BCUT2D eigenvalue weighted by Gasteiger charge is -1.82. The van der Waals surface area contributed by atoms with Crippen molar-refractivity contribution in [3.63, 3.8) is 0 Å². The minimum absolute atomic E-state index is 0.0579. The van der Waals surface area contributed by atoms with Gasteiger partial charge in [0.1, 0.15) is 6.61 Å². The normalized spacial score (nSPS) is 19.8. The van der Waals surface area contributed by atoms with Crippen molar-refractivity contribution in [1.82, 2.24) is 0 Å². The van der Waals surface area contributed by atoms with E-state index in [-0.39, 0.29) is 12.6 Å². The molecule has 1 fully saturated rings. The highest BCUT2D eigenvalue weighted by atomic mass is 16.6. The van der Waals surface area contributed by atoms with E-state index in [1.807, 2.05) is 0 Å². The smallest absolute Gasteiger partial charge is 0.335 e. The maximum Gasteiger partial charge on any atom is 0.335 e. The third-order valence-electron chi connectivity index (χ3n) is 1.24. The lowest BCUT2D eigenvalue weighted by atomic mass is 10.4. The molecule has 1 heterocycles. The summed E-state index contributed by atoms with van der Waals surface area (Å²) in [5.41, 5.74) is 0. The Morgan fingerprint density at radius 3 is 2.06 bits per heavy atom. The topological polar surface area (TPSA) is 113 Å². The van der Waals surface area contributed by atoms with E-state index in [1.54, 1.807) is 6.92 Å². The summed E-state index contributed by atoms with van der Waals surface area (Å²) >= 11 is 0. The van der Waals surface area contributed by atoms with Gasteiger partial charge in [-0.25, -0.2) is 4.79 Å². The van der Waals surface area contributed by atoms with E-state index < -0.39 is 12.1 Å². The average Bonchev–Trinajstić information content (AvgIpc) is 2.95. The molecule has 0 saturated carbocycles. The van der Waals surface area contributed by atoms with Crippen LogP contribution in [0.4, 0.5) is 0 Å². The minimum atomic E-state index is -0.854. The van der Waals surface area contributed by atoms with Gasteiger partial charge in [0.25, 0.3) is 12.9 Å². The molecule has 2 unspecified atom stereocenters. The van der Waals surface area contributed by atoms with Gasteiger partial charge in [0, 0.05) is 0 Å². The molecular weight excluding hydrogens is 220 g/mol. The fourth-order valence-electron chi connectivity index (χ4n) is 0.552. The van der Waals surface area contributed by atoms with Crippen molar-refractivity contribution < 1.29 is 34.1 Å². The molecule has 1 rings (SSSR count). The first kappa shape index (κ1) is 16.5. The van der Waals surface area contributed by atoms with Gasteiger partial charge in [-0.15, -0.1) is 0 Å². The molecule has 0 aromatic heterocycles. The monoisotopic (exact) mass is 234 g/mol. The zero-order chi connectivity index (χ0) is 13.0. The lowest BCUT2D eigenvalue weighted by molar-refractivity contribution is -0.138. The Morgan fingerprint density at radius 1 is 1.56 bits per heavy atom. The first-order valence-electron chi connectivity index (χ1n) is 4.17. The largest absolute Gasteiger partial charge is 0.483 e. The van der Waals surface area contributed by atoms with Gasteiger partial charge >= 0.3 is 5.97 Å². The first-order chi connectivity index (χ1) is 7.54. The summed E-state index contributed by atoms with van der Waals surface area (Å²) in [6.45, 7) is 5.50. The van der Waals surface area contributed by atoms with E-state index in [0.29, 0.717) is 13.1 Å². The fraction of sp³-hybridized carbons (Fsp3) is 0.444. The van der Waals surface area contributed by atoms with Crippen molar-refractivity contribution in [2.24, 2.45) is 0 Å². The average molecular weight is 234 g/mol. The van der Waals surface area contributed by atoms with E-state index in [1.165, 1.54) is 6.08 Å². The van der Waals surface area contributed by atoms with Crippen molar-refractivity contribution in [3.8, 4) is 0 Å². The second kappa shape index (κ2) is 11.2. The van der Waals surface area contributed by atoms with Crippen LogP contribution < -0.4 is 0 Å². The van der Waals surface area contributed by atoms with Crippen molar-refractivity contribution in [2.75, 3.05) is 6.61 Å². The van der Waals surface area contributed by atoms with E-state index in [0.717, 1.165) is 0 Å². The molecule has 16 heavy (non-hydrogen) atoms. The third-order valence-corrected chi connectivity index (χ3v) is 1.24. The number of aliphatic carboxylic acids is 1. The number of hydrogen-bond donors (Lipinski definition) is 2. The summed E-state index contributed by atoms with van der Waals surface area (Å²) in [5.74, 6) is -0.854. The highest BCUT2D eigenvalue weighted by Gasteiger charge is 2.40. The van der Waals surface area contributed by atoms with Gasteiger partial charge in [0.05, 0.1) is 6.10 Å². The molecular formula is C9H14O7. The maximum absolute atomic E-state index is 9.85. The van der Waals surface area contributed by atoms with Crippen LogP contribution in [-0.2, 0) is 23.9 Å². The van der Waals surface area contributed by atoms with Gasteiger partial charge in [-0.3, -0.25) is 9.59 Å². The summed E-state index contributed by atoms with van der Waals surface area (Å²) in [5, 5.41) is 15.0. The Balaban J connectivity index is 0. The minimum Gasteiger partial charge on any atom is -0.483 e. The molecule has 0 aromatic carbocycles. The number of carbonyl (C=O) groups is 3. The van der Waals surface area contributed by atoms with E-state index in [9.17, 15) is 9.59 Å². The molecule has 2 atom stereocenters.